The number of carboxylic acids is 1. The highest BCUT2D eigenvalue weighted by atomic mass is 79.9. The Morgan fingerprint density at radius 3 is 1.47 bits per heavy atom. The number of anilines is 2. The van der Waals surface area contributed by atoms with E-state index in [0.717, 1.165) is 44.4 Å². The van der Waals surface area contributed by atoms with Gasteiger partial charge in [-0.2, -0.15) is 20.4 Å². The number of aliphatic carboxylic acids is 1. The van der Waals surface area contributed by atoms with E-state index in [9.17, 15) is 61.8 Å². The predicted octanol–water partition coefficient (Wildman–Crippen LogP) is 18.7. The van der Waals surface area contributed by atoms with Gasteiger partial charge in [-0.05, 0) is 163 Å². The summed E-state index contributed by atoms with van der Waals surface area (Å²) in [4.78, 5) is 141. The van der Waals surface area contributed by atoms with Gasteiger partial charge in [-0.25, -0.2) is 23.7 Å². The second-order valence-corrected chi connectivity index (χ2v) is 34.7. The Bertz CT molecular complexity index is 7780. The number of ether oxygens (including phenoxy) is 2. The number of carboxylic acid groups (broad SMARTS) is 1. The molecule has 4 N–H and O–H groups in total. The maximum Gasteiger partial charge on any atom is 0.327 e. The number of rotatable bonds is 21. The molecule has 0 saturated carbocycles. The van der Waals surface area contributed by atoms with Crippen molar-refractivity contribution in [2.45, 2.75) is 91.1 Å². The van der Waals surface area contributed by atoms with Crippen LogP contribution < -0.4 is 16.0 Å². The SMILES string of the molecule is C=C(N=[N+]=[N-])c1cccc(Cl)c1.CC(=O)c1nn(CC(=O)N2C[C@H](F)C[C@H]2C(=O)Nc2cccc(Br)n2)c2c1ccn1cc(-c3cccc(Cl)c3)nc21.CC(=O)c1nn(CC(=O)O)c2c1ccn1cc(-c3cccc(Cl)c3)cc21.COC(=O)Cn1nc(C(C)=O)c2ccn3cc(-c4cccc(Cl)c4)cc3c21.COC(=O)Cn1nc(C(C)=O)c2ccncc21.O=C(Nc1cccc(Br)n1)[C@@H]1C[C@@H](F)CN1. The molecule has 2 aliphatic heterocycles. The van der Waals surface area contributed by atoms with E-state index in [1.807, 2.05) is 113 Å². The van der Waals surface area contributed by atoms with E-state index in [0.29, 0.717) is 107 Å². The van der Waals surface area contributed by atoms with Gasteiger partial charge in [-0.1, -0.05) is 119 Å². The highest BCUT2D eigenvalue weighted by Crippen LogP contribution is 2.36. The lowest BCUT2D eigenvalue weighted by Crippen LogP contribution is -2.44. The molecule has 15 heterocycles. The first kappa shape index (κ1) is 99.9. The molecule has 3 amide bonds. The van der Waals surface area contributed by atoms with E-state index < -0.39 is 54.1 Å². The van der Waals surface area contributed by atoms with Gasteiger partial charge in [0.25, 0.3) is 0 Å². The number of imidazole rings is 1. The van der Waals surface area contributed by atoms with Crippen LogP contribution in [-0.2, 0) is 64.4 Å². The third-order valence-electron chi connectivity index (χ3n) is 21.7. The largest absolute Gasteiger partial charge is 0.480 e. The standard InChI is InChI=1S/C28H22BrClFN7O3.C20H16ClN3O3.C19H14ClN3O3.C11H11N3O3.C10H11BrFN3O.C8H6ClN3/c1-15(39)25-19-8-9-36-13-20(16-4-2-5-17(30)10-16)32-27(36)26(19)38(35-25)14-24(40)37-12-18(31)11-21(37)28(41)34-23-7-3-6-22(29)33-23;1-12(25)19-16-6-7-23-10-14(13-4-3-5-15(21)8-13)9-17(23)20(16)24(22-19)11-18(26)27-2;1-11(24)18-15-5-6-22-9-13(12-3-2-4-14(20)7-12)8-16(22)19(15)23(21-18)10-17(25)26;1-7(15)11-8-3-4-12-5-9(8)14(13-11)6-10(16)17-2;11-8-2-1-3-9(14-8)15-10(16)7-4-6(12)5-13-7;1-6(11-12-10)7-3-2-4-8(9)5-7/h2-10,13,18,21H,11-12,14H2,1H3,(H,33,34,41);3-10H,11H2,1-2H3;2-9H,10H2,1H3,(H,25,26);3-5H,6H2,1-2H3;1-3,6-7,13H,4-5H2,(H,14,15,16);2-5H,1H2/t18-,21+;;;;6-,7+;/m1...1./s1. The first-order chi connectivity index (χ1) is 66.6. The maximum absolute atomic E-state index is 14.6. The number of esters is 2. The number of likely N-dealkylation sites (tertiary alicyclic amines) is 1. The zero-order chi connectivity index (χ0) is 99.3. The number of methoxy groups -OCH3 is 2. The number of halogens is 8. The van der Waals surface area contributed by atoms with Crippen molar-refractivity contribution in [1.29, 1.82) is 0 Å². The van der Waals surface area contributed by atoms with Crippen LogP contribution in [0.1, 0.15) is 88.1 Å². The zero-order valence-corrected chi connectivity index (χ0v) is 80.5. The fourth-order valence-electron chi connectivity index (χ4n) is 15.5. The Morgan fingerprint density at radius 2 is 0.978 bits per heavy atom. The summed E-state index contributed by atoms with van der Waals surface area (Å²) < 4.78 is 49.3. The lowest BCUT2D eigenvalue weighted by atomic mass is 10.1. The third-order valence-corrected chi connectivity index (χ3v) is 23.6. The highest BCUT2D eigenvalue weighted by Gasteiger charge is 2.41. The van der Waals surface area contributed by atoms with Gasteiger partial charge in [-0.3, -0.25) is 71.7 Å². The van der Waals surface area contributed by atoms with Crippen molar-refractivity contribution in [1.82, 2.24) is 82.5 Å². The number of amides is 3. The molecule has 0 unspecified atom stereocenters. The molecule has 43 heteroatoms. The summed E-state index contributed by atoms with van der Waals surface area (Å²) in [5, 5.41) is 42.8. The van der Waals surface area contributed by atoms with Crippen LogP contribution in [0.4, 0.5) is 20.4 Å². The van der Waals surface area contributed by atoms with Crippen molar-refractivity contribution in [3.63, 3.8) is 0 Å². The van der Waals surface area contributed by atoms with Gasteiger partial charge in [-0.15, -0.1) is 0 Å². The molecule has 0 bridgehead atoms. The fraction of sp³-hybridized carbons (Fsp3) is 0.188. The van der Waals surface area contributed by atoms with Crippen LogP contribution in [0.15, 0.2) is 240 Å². The van der Waals surface area contributed by atoms with Crippen LogP contribution in [0.3, 0.4) is 0 Å². The van der Waals surface area contributed by atoms with Gasteiger partial charge in [0.05, 0.1) is 66.3 Å². The molecular formula is C96H80Br2Cl4F2N22O13. The van der Waals surface area contributed by atoms with Crippen LogP contribution in [0, 0.1) is 0 Å². The Balaban J connectivity index is 0.000000139. The summed E-state index contributed by atoms with van der Waals surface area (Å²) in [6, 6.07) is 49.1. The lowest BCUT2D eigenvalue weighted by Gasteiger charge is -2.23. The number of aromatic nitrogens is 15. The van der Waals surface area contributed by atoms with Crippen LogP contribution in [0.25, 0.3) is 110 Å². The first-order valence-electron chi connectivity index (χ1n) is 42.2. The number of pyridine rings is 6. The Kier molecular flexibility index (Phi) is 31.9. The number of carbonyl (C=O) groups is 10. The number of nitrogens with zero attached hydrogens (tertiary/aromatic N) is 19. The summed E-state index contributed by atoms with van der Waals surface area (Å²) >= 11 is 30.6. The van der Waals surface area contributed by atoms with E-state index >= 15 is 0 Å². The third kappa shape index (κ3) is 23.8. The van der Waals surface area contributed by atoms with Crippen LogP contribution in [-0.4, -0.2) is 193 Å². The number of fused-ring (bicyclic) bond motifs is 10. The van der Waals surface area contributed by atoms with E-state index in [1.165, 1.54) is 65.5 Å². The second kappa shape index (κ2) is 44.4. The molecule has 4 atom stereocenters. The van der Waals surface area contributed by atoms with Gasteiger partial charge in [0, 0.05) is 159 Å². The summed E-state index contributed by atoms with van der Waals surface area (Å²) in [6.07, 6.45) is 12.1. The number of hydrogen-bond donors (Lipinski definition) is 4. The molecule has 139 heavy (non-hydrogen) atoms. The highest BCUT2D eigenvalue weighted by molar-refractivity contribution is 9.10. The number of ketones is 4. The molecule has 0 spiro atoms. The molecular weight excluding hydrogens is 2010 g/mol. The number of benzene rings is 4. The monoisotopic (exact) mass is 2080 g/mol. The average molecular weight is 2090 g/mol. The summed E-state index contributed by atoms with van der Waals surface area (Å²) in [6.45, 7) is 8.54. The number of nitrogens with one attached hydrogen (secondary N) is 3. The number of alkyl halides is 2. The Hall–Kier alpha value is -15.1. The van der Waals surface area contributed by atoms with Gasteiger partial charge in [0.15, 0.2) is 28.8 Å². The van der Waals surface area contributed by atoms with Gasteiger partial charge in [0.2, 0.25) is 17.7 Å². The minimum absolute atomic E-state index is 0.0357. The van der Waals surface area contributed by atoms with Crippen LogP contribution in [0.5, 0.6) is 0 Å². The second-order valence-electron chi connectivity index (χ2n) is 31.4. The van der Waals surface area contributed by atoms with E-state index in [2.05, 4.69) is 104 Å². The molecule has 708 valence electrons. The molecule has 0 aliphatic carbocycles. The topological polar surface area (TPSA) is 434 Å². The van der Waals surface area contributed by atoms with Crippen molar-refractivity contribution in [2.24, 2.45) is 5.11 Å². The molecule has 35 nitrogen and oxygen atoms in total. The molecule has 2 saturated heterocycles. The fourth-order valence-corrected chi connectivity index (χ4v) is 16.9. The minimum atomic E-state index is -1.37. The van der Waals surface area contributed by atoms with E-state index in [1.54, 1.807) is 120 Å². The molecule has 2 aliphatic rings. The smallest absolute Gasteiger partial charge is 0.327 e. The minimum Gasteiger partial charge on any atom is -0.480 e. The quantitative estimate of drug-likeness (QED) is 0.0130. The van der Waals surface area contributed by atoms with Crippen LogP contribution in [0.2, 0.25) is 20.1 Å². The van der Waals surface area contributed by atoms with Crippen LogP contribution >= 0.6 is 78.3 Å². The summed E-state index contributed by atoms with van der Waals surface area (Å²) in [5.41, 5.74) is 20.2. The number of azide groups is 1. The van der Waals surface area contributed by atoms with Gasteiger partial charge < -0.3 is 48.6 Å². The van der Waals surface area contributed by atoms with Crippen molar-refractivity contribution in [3.8, 4) is 33.5 Å². The normalized spacial score (nSPS) is 14.1. The number of carbonyl (C=O) groups excluding carboxylic acids is 9. The van der Waals surface area contributed by atoms with Crippen molar-refractivity contribution < 1.29 is 71.3 Å². The predicted molar refractivity (Wildman–Crippen MR) is 527 cm³/mol. The first-order valence-corrected chi connectivity index (χ1v) is 45.3. The van der Waals surface area contributed by atoms with Crippen molar-refractivity contribution in [3.05, 3.63) is 294 Å². The summed E-state index contributed by atoms with van der Waals surface area (Å²) in [7, 11) is 2.63. The number of hydrogen-bond acceptors (Lipinski definition) is 22. The summed E-state index contributed by atoms with van der Waals surface area (Å²) in [5.74, 6) is -3.23. The van der Waals surface area contributed by atoms with E-state index in [4.69, 9.17) is 61.7 Å². The van der Waals surface area contributed by atoms with E-state index in [-0.39, 0.29) is 98.4 Å². The molecule has 4 aromatic carbocycles. The van der Waals surface area contributed by atoms with Crippen molar-refractivity contribution >= 4 is 215 Å². The Morgan fingerprint density at radius 1 is 0.518 bits per heavy atom. The Labute approximate surface area is 824 Å². The average Bonchev–Trinajstić information content (AvgIpc) is 1.60. The van der Waals surface area contributed by atoms with Gasteiger partial charge in [0.1, 0.15) is 93.7 Å². The van der Waals surface area contributed by atoms with Gasteiger partial charge >= 0.3 is 17.9 Å². The molecule has 0 radical (unpaired) electrons. The zero-order valence-electron chi connectivity index (χ0n) is 74.3. The lowest BCUT2D eigenvalue weighted by molar-refractivity contribution is -0.142. The molecule has 17 aromatic rings. The molecule has 2 fully saturated rings. The molecule has 13 aromatic heterocycles. The van der Waals surface area contributed by atoms with Crippen molar-refractivity contribution in [2.75, 3.05) is 37.9 Å². The molecule has 19 rings (SSSR count). The maximum atomic E-state index is 14.6. The number of Topliss-reactive ketones (excluding diaryl/α,β-unsaturated/α-hetero) is 4.